The minimum Gasteiger partial charge on any atom is -0.315 e. The van der Waals surface area contributed by atoms with Crippen LogP contribution in [0.15, 0.2) is 0 Å². The third kappa shape index (κ3) is 2.68. The Bertz CT molecular complexity index is 148. The smallest absolute Gasteiger partial charge is 0.0200 e. The van der Waals surface area contributed by atoms with E-state index in [0.29, 0.717) is 17.6 Å². The summed E-state index contributed by atoms with van der Waals surface area (Å²) in [5, 5.41) is 3.49. The van der Waals surface area contributed by atoms with E-state index in [-0.39, 0.29) is 0 Å². The minimum atomic E-state index is 0.296. The zero-order valence-electron chi connectivity index (χ0n) is 9.72. The van der Waals surface area contributed by atoms with E-state index in [2.05, 4.69) is 44.8 Å². The molecule has 0 bridgehead atoms. The van der Waals surface area contributed by atoms with Gasteiger partial charge in [0.05, 0.1) is 0 Å². The molecule has 2 heteroatoms. The van der Waals surface area contributed by atoms with Crippen molar-refractivity contribution in [2.45, 2.75) is 58.7 Å². The van der Waals surface area contributed by atoms with Crippen LogP contribution in [-0.4, -0.2) is 35.6 Å². The van der Waals surface area contributed by atoms with Crippen molar-refractivity contribution in [3.63, 3.8) is 0 Å². The highest BCUT2D eigenvalue weighted by atomic mass is 15.3. The zero-order valence-corrected chi connectivity index (χ0v) is 9.72. The van der Waals surface area contributed by atoms with Gasteiger partial charge in [-0.25, -0.2) is 0 Å². The second-order valence-electron chi connectivity index (χ2n) is 5.27. The van der Waals surface area contributed by atoms with Crippen LogP contribution in [-0.2, 0) is 0 Å². The molecular formula is C11H24N2. The van der Waals surface area contributed by atoms with Crippen LogP contribution in [0.2, 0.25) is 0 Å². The van der Waals surface area contributed by atoms with Crippen molar-refractivity contribution < 1.29 is 0 Å². The largest absolute Gasteiger partial charge is 0.315 e. The lowest BCUT2D eigenvalue weighted by atomic mass is 9.99. The molecule has 2 nitrogen and oxygen atoms in total. The second kappa shape index (κ2) is 3.97. The predicted octanol–water partition coefficient (Wildman–Crippen LogP) is 1.86. The molecule has 1 fully saturated rings. The fourth-order valence-corrected chi connectivity index (χ4v) is 2.62. The van der Waals surface area contributed by atoms with Gasteiger partial charge in [0.25, 0.3) is 0 Å². The van der Waals surface area contributed by atoms with Crippen LogP contribution in [0, 0.1) is 0 Å². The molecule has 78 valence electrons. The molecule has 1 N–H and O–H groups in total. The first-order valence-electron chi connectivity index (χ1n) is 5.42. The molecule has 1 rings (SSSR count). The van der Waals surface area contributed by atoms with Crippen LogP contribution in [0.5, 0.6) is 0 Å². The van der Waals surface area contributed by atoms with Crippen molar-refractivity contribution in [2.24, 2.45) is 0 Å². The summed E-state index contributed by atoms with van der Waals surface area (Å²) in [7, 11) is 0. The summed E-state index contributed by atoms with van der Waals surface area (Å²) in [6, 6.07) is 1.35. The van der Waals surface area contributed by atoms with Gasteiger partial charge in [0, 0.05) is 24.2 Å². The van der Waals surface area contributed by atoms with Gasteiger partial charge in [0.15, 0.2) is 0 Å². The maximum atomic E-state index is 3.49. The van der Waals surface area contributed by atoms with Crippen molar-refractivity contribution in [2.75, 3.05) is 13.1 Å². The first kappa shape index (κ1) is 11.0. The number of hydrogen-bond acceptors (Lipinski definition) is 2. The zero-order chi connectivity index (χ0) is 10.1. The van der Waals surface area contributed by atoms with Crippen molar-refractivity contribution in [1.29, 1.82) is 0 Å². The summed E-state index contributed by atoms with van der Waals surface area (Å²) >= 11 is 0. The van der Waals surface area contributed by atoms with Gasteiger partial charge in [-0.1, -0.05) is 0 Å². The second-order valence-corrected chi connectivity index (χ2v) is 5.27. The van der Waals surface area contributed by atoms with Crippen LogP contribution in [0.25, 0.3) is 0 Å². The SMILES string of the molecule is CC1CCNCC(C)N1C(C)(C)C. The normalized spacial score (nSPS) is 33.0. The molecule has 1 heterocycles. The molecule has 0 amide bonds. The van der Waals surface area contributed by atoms with Gasteiger partial charge in [-0.05, 0) is 47.6 Å². The highest BCUT2D eigenvalue weighted by Crippen LogP contribution is 2.23. The molecular weight excluding hydrogens is 160 g/mol. The molecule has 0 aliphatic carbocycles. The standard InChI is InChI=1S/C11H24N2/c1-9-6-7-12-8-10(2)13(9)11(3,4)5/h9-10,12H,6-8H2,1-5H3. The fraction of sp³-hybridized carbons (Fsp3) is 1.00. The monoisotopic (exact) mass is 184 g/mol. The quantitative estimate of drug-likeness (QED) is 0.618. The number of nitrogens with zero attached hydrogens (tertiary/aromatic N) is 1. The summed E-state index contributed by atoms with van der Waals surface area (Å²) in [5.74, 6) is 0. The van der Waals surface area contributed by atoms with E-state index in [0.717, 1.165) is 13.1 Å². The molecule has 2 atom stereocenters. The first-order chi connectivity index (χ1) is 5.93. The highest BCUT2D eigenvalue weighted by molar-refractivity contribution is 4.88. The molecule has 0 aromatic carbocycles. The van der Waals surface area contributed by atoms with E-state index < -0.39 is 0 Å². The third-order valence-electron chi connectivity index (χ3n) is 2.90. The Morgan fingerprint density at radius 2 is 1.77 bits per heavy atom. The maximum absolute atomic E-state index is 3.49. The van der Waals surface area contributed by atoms with Crippen molar-refractivity contribution >= 4 is 0 Å². The van der Waals surface area contributed by atoms with Gasteiger partial charge in [-0.15, -0.1) is 0 Å². The Balaban J connectivity index is 2.75. The van der Waals surface area contributed by atoms with Crippen molar-refractivity contribution in [3.05, 3.63) is 0 Å². The summed E-state index contributed by atoms with van der Waals surface area (Å²) < 4.78 is 0. The Morgan fingerprint density at radius 3 is 2.31 bits per heavy atom. The van der Waals surface area contributed by atoms with E-state index in [4.69, 9.17) is 0 Å². The van der Waals surface area contributed by atoms with Gasteiger partial charge < -0.3 is 5.32 Å². The minimum absolute atomic E-state index is 0.296. The third-order valence-corrected chi connectivity index (χ3v) is 2.90. The Morgan fingerprint density at radius 1 is 1.15 bits per heavy atom. The van der Waals surface area contributed by atoms with Crippen LogP contribution < -0.4 is 5.32 Å². The van der Waals surface area contributed by atoms with E-state index in [9.17, 15) is 0 Å². The van der Waals surface area contributed by atoms with Gasteiger partial charge >= 0.3 is 0 Å². The number of nitrogens with one attached hydrogen (secondary N) is 1. The van der Waals surface area contributed by atoms with Crippen LogP contribution in [0.3, 0.4) is 0 Å². The van der Waals surface area contributed by atoms with Crippen LogP contribution in [0.4, 0.5) is 0 Å². The van der Waals surface area contributed by atoms with Crippen molar-refractivity contribution in [1.82, 2.24) is 10.2 Å². The van der Waals surface area contributed by atoms with E-state index in [1.54, 1.807) is 0 Å². The van der Waals surface area contributed by atoms with Gasteiger partial charge in [0.1, 0.15) is 0 Å². The average Bonchev–Trinajstić information content (AvgIpc) is 2.09. The van der Waals surface area contributed by atoms with E-state index in [1.807, 2.05) is 0 Å². The predicted molar refractivity (Wildman–Crippen MR) is 58.0 cm³/mol. The van der Waals surface area contributed by atoms with Crippen LogP contribution >= 0.6 is 0 Å². The Hall–Kier alpha value is -0.0800. The van der Waals surface area contributed by atoms with Gasteiger partial charge in [-0.3, -0.25) is 4.90 Å². The average molecular weight is 184 g/mol. The first-order valence-corrected chi connectivity index (χ1v) is 5.42. The molecule has 0 aromatic heterocycles. The molecule has 0 saturated carbocycles. The summed E-state index contributed by atoms with van der Waals surface area (Å²) in [6.07, 6.45) is 1.27. The maximum Gasteiger partial charge on any atom is 0.0200 e. The molecule has 1 saturated heterocycles. The summed E-state index contributed by atoms with van der Waals surface area (Å²) in [5.41, 5.74) is 0.296. The van der Waals surface area contributed by atoms with Gasteiger partial charge in [-0.2, -0.15) is 0 Å². The Labute approximate surface area is 82.7 Å². The molecule has 0 spiro atoms. The molecule has 0 radical (unpaired) electrons. The van der Waals surface area contributed by atoms with Gasteiger partial charge in [0.2, 0.25) is 0 Å². The highest BCUT2D eigenvalue weighted by Gasteiger charge is 2.31. The van der Waals surface area contributed by atoms with Crippen LogP contribution in [0.1, 0.15) is 41.0 Å². The lowest BCUT2D eigenvalue weighted by Gasteiger charge is -2.43. The summed E-state index contributed by atoms with van der Waals surface area (Å²) in [4.78, 5) is 2.63. The molecule has 13 heavy (non-hydrogen) atoms. The fourth-order valence-electron chi connectivity index (χ4n) is 2.62. The lowest BCUT2D eigenvalue weighted by molar-refractivity contribution is 0.0566. The van der Waals surface area contributed by atoms with E-state index >= 15 is 0 Å². The number of hydrogen-bond donors (Lipinski definition) is 1. The molecule has 1 aliphatic rings. The number of rotatable bonds is 0. The Kier molecular flexibility index (Phi) is 3.36. The molecule has 0 aromatic rings. The topological polar surface area (TPSA) is 15.3 Å². The molecule has 1 aliphatic heterocycles. The summed E-state index contributed by atoms with van der Waals surface area (Å²) in [6.45, 7) is 13.9. The lowest BCUT2D eigenvalue weighted by Crippen LogP contribution is -2.52. The van der Waals surface area contributed by atoms with E-state index in [1.165, 1.54) is 6.42 Å². The molecule has 2 unspecified atom stereocenters. The van der Waals surface area contributed by atoms with Crippen molar-refractivity contribution in [3.8, 4) is 0 Å².